The van der Waals surface area contributed by atoms with Crippen LogP contribution < -0.4 is 15.2 Å². The zero-order valence-corrected chi connectivity index (χ0v) is 20.7. The van der Waals surface area contributed by atoms with Gasteiger partial charge in [-0.25, -0.2) is 9.50 Å². The molecule has 3 aromatic heterocycles. The monoisotopic (exact) mass is 443 g/mol. The lowest BCUT2D eigenvalue weighted by Gasteiger charge is -2.18. The average molecular weight is 444 g/mol. The van der Waals surface area contributed by atoms with E-state index in [1.807, 2.05) is 0 Å². The van der Waals surface area contributed by atoms with Gasteiger partial charge in [-0.2, -0.15) is 9.67 Å². The van der Waals surface area contributed by atoms with Crippen LogP contribution >= 0.6 is 11.3 Å². The van der Waals surface area contributed by atoms with E-state index < -0.39 is 8.07 Å². The van der Waals surface area contributed by atoms with Crippen molar-refractivity contribution in [1.82, 2.24) is 14.6 Å². The number of nitrogens with zero attached hydrogens (tertiary/aromatic N) is 4. The van der Waals surface area contributed by atoms with Gasteiger partial charge in [0.1, 0.15) is 17.2 Å². The first kappa shape index (κ1) is 20.1. The number of fused-ring (bicyclic) bond motifs is 3. The lowest BCUT2D eigenvalue weighted by Crippen LogP contribution is -2.54. The minimum absolute atomic E-state index is 0.969. The Labute approximate surface area is 187 Å². The van der Waals surface area contributed by atoms with Crippen molar-refractivity contribution in [1.29, 1.82) is 0 Å². The van der Waals surface area contributed by atoms with Crippen molar-refractivity contribution in [3.8, 4) is 11.3 Å². The summed E-state index contributed by atoms with van der Waals surface area (Å²) in [5.74, 6) is 0. The topological polar surface area (TPSA) is 34.1 Å². The molecule has 31 heavy (non-hydrogen) atoms. The summed E-state index contributed by atoms with van der Waals surface area (Å²) in [6.07, 6.45) is 2.14. The first-order valence-corrected chi connectivity index (χ1v) is 14.4. The molecule has 0 unspecified atom stereocenters. The van der Waals surface area contributed by atoms with Crippen molar-refractivity contribution in [3.05, 3.63) is 71.4 Å². The van der Waals surface area contributed by atoms with Gasteiger partial charge in [0, 0.05) is 6.07 Å². The van der Waals surface area contributed by atoms with Crippen molar-refractivity contribution < 1.29 is 4.57 Å². The summed E-state index contributed by atoms with van der Waals surface area (Å²) in [4.78, 5) is 6.01. The van der Waals surface area contributed by atoms with Crippen molar-refractivity contribution >= 4 is 45.2 Å². The number of hydrogen-bond acceptors (Lipinski definition) is 3. The fraction of sp³-hybridized carbons (Fsp3) is 0.240. The maximum Gasteiger partial charge on any atom is 0.232 e. The van der Waals surface area contributed by atoms with E-state index in [0.717, 1.165) is 15.9 Å². The number of hydrogen-bond donors (Lipinski definition) is 0. The van der Waals surface area contributed by atoms with E-state index in [0.29, 0.717) is 0 Å². The van der Waals surface area contributed by atoms with E-state index in [1.54, 1.807) is 11.3 Å². The SMILES string of the molecule is Cc1cc(C)c(C)c(-c2c3sc4nc([Si](C)(C)c5ccccc5)nn4c3cc[n+]2C)c1. The van der Waals surface area contributed by atoms with Crippen LogP contribution in [0.25, 0.3) is 26.4 Å². The summed E-state index contributed by atoms with van der Waals surface area (Å²) in [7, 11) is 0.180. The van der Waals surface area contributed by atoms with E-state index in [1.165, 1.54) is 37.8 Å². The van der Waals surface area contributed by atoms with Gasteiger partial charge in [0.05, 0.1) is 11.1 Å². The van der Waals surface area contributed by atoms with Gasteiger partial charge in [0.2, 0.25) is 10.7 Å². The standard InChI is InChI=1S/C25H27N4SSi/c1-16-14-17(2)18(3)20(15-16)22-23-21(12-13-28(22)4)29-25(30-23)26-24(27-29)31(5,6)19-10-8-7-9-11-19/h7-15H,1-6H3/q+1. The maximum absolute atomic E-state index is 5.04. The van der Waals surface area contributed by atoms with Gasteiger partial charge in [0.25, 0.3) is 0 Å². The average Bonchev–Trinajstić information content (AvgIpc) is 3.30. The van der Waals surface area contributed by atoms with Gasteiger partial charge in [0.15, 0.2) is 14.3 Å². The van der Waals surface area contributed by atoms with E-state index >= 15 is 0 Å². The Bertz CT molecular complexity index is 1450. The van der Waals surface area contributed by atoms with Crippen LogP contribution in [0.1, 0.15) is 16.7 Å². The molecular weight excluding hydrogens is 416 g/mol. The molecule has 0 aliphatic carbocycles. The predicted molar refractivity (Wildman–Crippen MR) is 132 cm³/mol. The normalized spacial score (nSPS) is 12.2. The van der Waals surface area contributed by atoms with Crippen molar-refractivity contribution in [2.45, 2.75) is 33.9 Å². The first-order valence-electron chi connectivity index (χ1n) is 10.6. The van der Waals surface area contributed by atoms with Crippen LogP contribution in [0.3, 0.4) is 0 Å². The lowest BCUT2D eigenvalue weighted by atomic mass is 9.97. The first-order chi connectivity index (χ1) is 14.8. The summed E-state index contributed by atoms with van der Waals surface area (Å²) < 4.78 is 5.51. The highest BCUT2D eigenvalue weighted by Crippen LogP contribution is 2.34. The van der Waals surface area contributed by atoms with Crippen molar-refractivity contribution in [2.75, 3.05) is 0 Å². The summed E-state index contributed by atoms with van der Waals surface area (Å²) in [6.45, 7) is 11.2. The molecule has 0 bridgehead atoms. The molecule has 5 aromatic rings. The highest BCUT2D eigenvalue weighted by molar-refractivity contribution is 7.24. The third-order valence-electron chi connectivity index (χ3n) is 6.38. The zero-order chi connectivity index (χ0) is 21.9. The molecule has 2 aromatic carbocycles. The highest BCUT2D eigenvalue weighted by atomic mass is 32.1. The number of aryl methyl sites for hydroxylation is 3. The Morgan fingerprint density at radius 1 is 1.00 bits per heavy atom. The largest absolute Gasteiger partial charge is 0.232 e. The summed E-state index contributed by atoms with van der Waals surface area (Å²) in [5, 5.41) is 6.40. The van der Waals surface area contributed by atoms with Crippen LogP contribution in [0.2, 0.25) is 13.1 Å². The Balaban J connectivity index is 1.73. The van der Waals surface area contributed by atoms with Crippen LogP contribution in [0, 0.1) is 20.8 Å². The molecule has 0 amide bonds. The fourth-order valence-corrected chi connectivity index (χ4v) is 7.59. The summed E-state index contributed by atoms with van der Waals surface area (Å²) >= 11 is 1.74. The molecule has 6 heteroatoms. The molecule has 0 spiro atoms. The number of aromatic nitrogens is 4. The van der Waals surface area contributed by atoms with Crippen LogP contribution in [0.5, 0.6) is 0 Å². The van der Waals surface area contributed by atoms with E-state index in [2.05, 4.69) is 105 Å². The predicted octanol–water partition coefficient (Wildman–Crippen LogP) is 4.18. The molecule has 0 aliphatic rings. The van der Waals surface area contributed by atoms with Gasteiger partial charge in [-0.15, -0.1) is 0 Å². The molecule has 0 saturated heterocycles. The Morgan fingerprint density at radius 3 is 2.48 bits per heavy atom. The third-order valence-corrected chi connectivity index (χ3v) is 10.5. The van der Waals surface area contributed by atoms with Crippen LogP contribution in [-0.4, -0.2) is 22.7 Å². The van der Waals surface area contributed by atoms with Crippen molar-refractivity contribution in [3.63, 3.8) is 0 Å². The molecule has 5 rings (SSSR count). The Morgan fingerprint density at radius 2 is 1.74 bits per heavy atom. The quantitative estimate of drug-likeness (QED) is 0.310. The molecule has 0 fully saturated rings. The second-order valence-corrected chi connectivity index (χ2v) is 14.2. The molecular formula is C25H27N4SSi+. The molecule has 0 saturated carbocycles. The number of thiazole rings is 1. The van der Waals surface area contributed by atoms with Crippen LogP contribution in [0.4, 0.5) is 0 Å². The molecule has 0 aliphatic heterocycles. The minimum atomic E-state index is -1.94. The summed E-state index contributed by atoms with van der Waals surface area (Å²) in [6, 6.07) is 17.4. The van der Waals surface area contributed by atoms with Crippen LogP contribution in [0.15, 0.2) is 54.7 Å². The number of pyridine rings is 1. The van der Waals surface area contributed by atoms with Gasteiger partial charge < -0.3 is 0 Å². The van der Waals surface area contributed by atoms with Gasteiger partial charge in [-0.1, -0.05) is 71.6 Å². The molecule has 0 N–H and O–H groups in total. The lowest BCUT2D eigenvalue weighted by molar-refractivity contribution is -0.659. The fourth-order valence-electron chi connectivity index (χ4n) is 4.34. The van der Waals surface area contributed by atoms with Gasteiger partial charge >= 0.3 is 0 Å². The van der Waals surface area contributed by atoms with Gasteiger partial charge in [-0.05, 0) is 38.0 Å². The van der Waals surface area contributed by atoms with Crippen molar-refractivity contribution in [2.24, 2.45) is 7.05 Å². The van der Waals surface area contributed by atoms with Gasteiger partial charge in [-0.3, -0.25) is 0 Å². The van der Waals surface area contributed by atoms with E-state index in [9.17, 15) is 0 Å². The Hall–Kier alpha value is -2.83. The Kier molecular flexibility index (Phi) is 4.60. The number of rotatable bonds is 3. The second-order valence-electron chi connectivity index (χ2n) is 8.97. The molecule has 156 valence electrons. The molecule has 0 atom stereocenters. The smallest absolute Gasteiger partial charge is 0.207 e. The maximum atomic E-state index is 5.04. The minimum Gasteiger partial charge on any atom is -0.207 e. The summed E-state index contributed by atoms with van der Waals surface area (Å²) in [5.41, 5.74) is 8.57. The van der Waals surface area contributed by atoms with E-state index in [-0.39, 0.29) is 0 Å². The van der Waals surface area contributed by atoms with E-state index in [4.69, 9.17) is 10.1 Å². The molecule has 0 radical (unpaired) electrons. The molecule has 4 nitrogen and oxygen atoms in total. The number of benzene rings is 2. The van der Waals surface area contributed by atoms with Crippen LogP contribution in [-0.2, 0) is 7.05 Å². The zero-order valence-electron chi connectivity index (χ0n) is 18.9. The highest BCUT2D eigenvalue weighted by Gasteiger charge is 2.32. The third kappa shape index (κ3) is 3.13. The molecule has 3 heterocycles. The second kappa shape index (κ2) is 7.11.